The van der Waals surface area contributed by atoms with Crippen molar-refractivity contribution < 1.29 is 12.8 Å². The molecule has 3 aromatic rings. The van der Waals surface area contributed by atoms with Gasteiger partial charge in [0.15, 0.2) is 5.58 Å². The lowest BCUT2D eigenvalue weighted by molar-refractivity contribution is 0.466. The number of nitrogens with zero attached hydrogens (tertiary/aromatic N) is 2. The van der Waals surface area contributed by atoms with Crippen molar-refractivity contribution in [2.45, 2.75) is 11.4 Å². The third-order valence-electron chi connectivity index (χ3n) is 3.23. The van der Waals surface area contributed by atoms with E-state index in [-0.39, 0.29) is 11.4 Å². The van der Waals surface area contributed by atoms with Crippen LogP contribution in [0.25, 0.3) is 11.1 Å². The Bertz CT molecular complexity index is 960. The molecule has 0 fully saturated rings. The Kier molecular flexibility index (Phi) is 3.55. The Hall–Kier alpha value is -2.45. The predicted octanol–water partition coefficient (Wildman–Crippen LogP) is 1.34. The molecule has 0 atom stereocenters. The van der Waals surface area contributed by atoms with Gasteiger partial charge in [-0.3, -0.25) is 9.97 Å². The highest BCUT2D eigenvalue weighted by atomic mass is 32.2. The Morgan fingerprint density at radius 2 is 2.14 bits per heavy atom. The van der Waals surface area contributed by atoms with Crippen LogP contribution in [0.3, 0.4) is 0 Å². The van der Waals surface area contributed by atoms with E-state index in [0.717, 1.165) is 5.56 Å². The zero-order valence-corrected chi connectivity index (χ0v) is 12.5. The zero-order chi connectivity index (χ0) is 15.7. The Morgan fingerprint density at radius 1 is 1.32 bits per heavy atom. The van der Waals surface area contributed by atoms with Gasteiger partial charge in [0.2, 0.25) is 10.0 Å². The largest absolute Gasteiger partial charge is 0.417 e. The summed E-state index contributed by atoms with van der Waals surface area (Å²) in [6.45, 7) is 0.204. The minimum Gasteiger partial charge on any atom is -0.408 e. The monoisotopic (exact) mass is 319 g/mol. The van der Waals surface area contributed by atoms with E-state index in [1.165, 1.54) is 29.6 Å². The lowest BCUT2D eigenvalue weighted by Crippen LogP contribution is -2.26. The van der Waals surface area contributed by atoms with E-state index in [2.05, 4.69) is 9.97 Å². The van der Waals surface area contributed by atoms with E-state index in [4.69, 9.17) is 4.42 Å². The van der Waals surface area contributed by atoms with Crippen LogP contribution >= 0.6 is 0 Å². The topological polar surface area (TPSA) is 96.3 Å². The van der Waals surface area contributed by atoms with Crippen LogP contribution in [0.15, 0.2) is 56.8 Å². The van der Waals surface area contributed by atoms with Crippen LogP contribution in [0.1, 0.15) is 5.56 Å². The Balaban J connectivity index is 1.94. The molecule has 1 aromatic carbocycles. The molecular weight excluding hydrogens is 306 g/mol. The fraction of sp³-hybridized carbons (Fsp3) is 0.143. The normalized spacial score (nSPS) is 12.1. The summed E-state index contributed by atoms with van der Waals surface area (Å²) in [5.41, 5.74) is 1.45. The lowest BCUT2D eigenvalue weighted by Gasteiger charge is -2.17. The number of fused-ring (bicyclic) bond motifs is 1. The number of sulfonamides is 1. The first-order valence-electron chi connectivity index (χ1n) is 6.45. The molecule has 3 rings (SSSR count). The Labute approximate surface area is 126 Å². The minimum absolute atomic E-state index is 0.0865. The summed E-state index contributed by atoms with van der Waals surface area (Å²) >= 11 is 0. The molecule has 0 amide bonds. The van der Waals surface area contributed by atoms with Crippen LogP contribution < -0.4 is 5.76 Å². The quantitative estimate of drug-likeness (QED) is 0.782. The van der Waals surface area contributed by atoms with Gasteiger partial charge in [-0.15, -0.1) is 0 Å². The van der Waals surface area contributed by atoms with Crippen LogP contribution in [0.2, 0.25) is 0 Å². The maximum absolute atomic E-state index is 12.6. The molecule has 2 heterocycles. The number of hydrogen-bond donors (Lipinski definition) is 1. The second-order valence-electron chi connectivity index (χ2n) is 4.79. The number of aromatic nitrogens is 2. The number of nitrogens with one attached hydrogen (secondary N) is 1. The van der Waals surface area contributed by atoms with Gasteiger partial charge in [-0.1, -0.05) is 6.07 Å². The number of hydrogen-bond acceptors (Lipinski definition) is 5. The highest BCUT2D eigenvalue weighted by molar-refractivity contribution is 7.89. The molecule has 0 aliphatic rings. The second-order valence-corrected chi connectivity index (χ2v) is 6.84. The predicted molar refractivity (Wildman–Crippen MR) is 79.7 cm³/mol. The smallest absolute Gasteiger partial charge is 0.408 e. The van der Waals surface area contributed by atoms with Crippen molar-refractivity contribution in [1.82, 2.24) is 14.3 Å². The number of rotatable bonds is 4. The van der Waals surface area contributed by atoms with Crippen LogP contribution in [0.4, 0.5) is 0 Å². The molecule has 114 valence electrons. The number of H-pyrrole nitrogens is 1. The van der Waals surface area contributed by atoms with Gasteiger partial charge in [-0.05, 0) is 29.8 Å². The molecule has 2 aromatic heterocycles. The van der Waals surface area contributed by atoms with Crippen molar-refractivity contribution in [2.75, 3.05) is 7.05 Å². The second kappa shape index (κ2) is 5.39. The average molecular weight is 319 g/mol. The summed E-state index contributed by atoms with van der Waals surface area (Å²) in [6.07, 6.45) is 3.24. The van der Waals surface area contributed by atoms with Gasteiger partial charge in [0, 0.05) is 26.0 Å². The van der Waals surface area contributed by atoms with Crippen molar-refractivity contribution in [3.63, 3.8) is 0 Å². The lowest BCUT2D eigenvalue weighted by atomic mass is 10.3. The van der Waals surface area contributed by atoms with Crippen molar-refractivity contribution >= 4 is 21.1 Å². The number of aromatic amines is 1. The highest BCUT2D eigenvalue weighted by Crippen LogP contribution is 2.20. The molecule has 1 N–H and O–H groups in total. The van der Waals surface area contributed by atoms with Gasteiger partial charge in [0.05, 0.1) is 10.4 Å². The summed E-state index contributed by atoms with van der Waals surface area (Å²) in [7, 11) is -2.19. The fourth-order valence-electron chi connectivity index (χ4n) is 2.11. The molecule has 8 heteroatoms. The molecule has 0 unspecified atom stereocenters. The first kappa shape index (κ1) is 14.5. The van der Waals surface area contributed by atoms with E-state index in [1.807, 2.05) is 0 Å². The first-order valence-corrected chi connectivity index (χ1v) is 7.89. The van der Waals surface area contributed by atoms with E-state index in [0.29, 0.717) is 11.1 Å². The van der Waals surface area contributed by atoms with Crippen molar-refractivity contribution in [2.24, 2.45) is 0 Å². The van der Waals surface area contributed by atoms with Gasteiger partial charge in [0.25, 0.3) is 0 Å². The molecule has 0 radical (unpaired) electrons. The first-order chi connectivity index (χ1) is 10.5. The molecule has 22 heavy (non-hydrogen) atoms. The van der Waals surface area contributed by atoms with E-state index in [1.54, 1.807) is 24.5 Å². The molecule has 0 bridgehead atoms. The summed E-state index contributed by atoms with van der Waals surface area (Å²) in [5, 5.41) is 0. The molecule has 0 aliphatic heterocycles. The maximum atomic E-state index is 12.6. The number of pyridine rings is 1. The third-order valence-corrected chi connectivity index (χ3v) is 5.03. The highest BCUT2D eigenvalue weighted by Gasteiger charge is 2.22. The summed E-state index contributed by atoms with van der Waals surface area (Å²) < 4.78 is 31.2. The van der Waals surface area contributed by atoms with Crippen LogP contribution in [-0.4, -0.2) is 29.7 Å². The van der Waals surface area contributed by atoms with E-state index < -0.39 is 15.8 Å². The van der Waals surface area contributed by atoms with Crippen molar-refractivity contribution in [1.29, 1.82) is 0 Å². The third kappa shape index (κ3) is 2.66. The minimum atomic E-state index is -3.68. The van der Waals surface area contributed by atoms with Gasteiger partial charge in [-0.25, -0.2) is 13.2 Å². The van der Waals surface area contributed by atoms with E-state index >= 15 is 0 Å². The average Bonchev–Trinajstić information content (AvgIpc) is 2.87. The molecule has 0 saturated heterocycles. The van der Waals surface area contributed by atoms with Gasteiger partial charge in [-0.2, -0.15) is 4.31 Å². The summed E-state index contributed by atoms with van der Waals surface area (Å²) in [6, 6.07) is 7.80. The molecule has 0 aliphatic carbocycles. The molecule has 0 saturated carbocycles. The summed E-state index contributed by atoms with van der Waals surface area (Å²) in [5.74, 6) is -0.617. The molecule has 7 nitrogen and oxygen atoms in total. The zero-order valence-electron chi connectivity index (χ0n) is 11.7. The fourth-order valence-corrected chi connectivity index (χ4v) is 3.29. The molecule has 0 spiro atoms. The van der Waals surface area contributed by atoms with Gasteiger partial charge in [0.1, 0.15) is 0 Å². The van der Waals surface area contributed by atoms with Crippen molar-refractivity contribution in [3.05, 3.63) is 58.8 Å². The van der Waals surface area contributed by atoms with Crippen molar-refractivity contribution in [3.8, 4) is 0 Å². The SMILES string of the molecule is CN(Cc1cccnc1)S(=O)(=O)c1ccc2oc(=O)[nH]c2c1. The van der Waals surface area contributed by atoms with Gasteiger partial charge < -0.3 is 4.42 Å². The van der Waals surface area contributed by atoms with E-state index in [9.17, 15) is 13.2 Å². The number of oxazole rings is 1. The maximum Gasteiger partial charge on any atom is 0.417 e. The molecular formula is C14H13N3O4S. The summed E-state index contributed by atoms with van der Waals surface area (Å²) in [4.78, 5) is 17.6. The van der Waals surface area contributed by atoms with Gasteiger partial charge >= 0.3 is 5.76 Å². The van der Waals surface area contributed by atoms with Crippen LogP contribution in [0.5, 0.6) is 0 Å². The van der Waals surface area contributed by atoms with Crippen LogP contribution in [0, 0.1) is 0 Å². The number of benzene rings is 1. The standard InChI is InChI=1S/C14H13N3O4S/c1-17(9-10-3-2-6-15-8-10)22(19,20)11-4-5-13-12(7-11)16-14(18)21-13/h2-8H,9H2,1H3,(H,16,18). The van der Waals surface area contributed by atoms with Crippen LogP contribution in [-0.2, 0) is 16.6 Å². The Morgan fingerprint density at radius 3 is 2.86 bits per heavy atom.